The van der Waals surface area contributed by atoms with Gasteiger partial charge in [-0.1, -0.05) is 17.9 Å². The van der Waals surface area contributed by atoms with Crippen molar-refractivity contribution < 1.29 is 4.74 Å². The molecular formula is C22H21N9OS. The third-order valence-electron chi connectivity index (χ3n) is 5.34. The van der Waals surface area contributed by atoms with Crippen LogP contribution in [0.15, 0.2) is 37.0 Å². The Morgan fingerprint density at radius 3 is 2.85 bits per heavy atom. The van der Waals surface area contributed by atoms with Crippen molar-refractivity contribution in [2.75, 3.05) is 43.4 Å². The fraction of sp³-hybridized carbons (Fsp3) is 0.227. The third kappa shape index (κ3) is 4.48. The number of nitrogens with one attached hydrogen (secondary N) is 2. The monoisotopic (exact) mass is 459 g/mol. The molecule has 0 radical (unpaired) electrons. The molecule has 2 N–H and O–H groups in total. The maximum absolute atomic E-state index is 9.08. The molecule has 0 amide bonds. The molecule has 4 heterocycles. The Hall–Kier alpha value is -4.01. The number of rotatable bonds is 6. The van der Waals surface area contributed by atoms with E-state index in [2.05, 4.69) is 60.0 Å². The highest BCUT2D eigenvalue weighted by molar-refractivity contribution is 7.16. The van der Waals surface area contributed by atoms with Crippen LogP contribution in [0.1, 0.15) is 10.6 Å². The second-order valence-corrected chi connectivity index (χ2v) is 8.60. The average Bonchev–Trinajstić information content (AvgIpc) is 3.45. The Bertz CT molecular complexity index is 1350. The second kappa shape index (κ2) is 8.85. The van der Waals surface area contributed by atoms with Gasteiger partial charge in [0.25, 0.3) is 0 Å². The summed E-state index contributed by atoms with van der Waals surface area (Å²) in [6, 6.07) is 9.82. The second-order valence-electron chi connectivity index (χ2n) is 7.57. The maximum Gasteiger partial charge on any atom is 0.325 e. The van der Waals surface area contributed by atoms with Crippen LogP contribution in [-0.4, -0.2) is 63.3 Å². The number of anilines is 3. The number of piperazine rings is 1. The summed E-state index contributed by atoms with van der Waals surface area (Å²) in [4.78, 5) is 18.4. The van der Waals surface area contributed by atoms with Crippen molar-refractivity contribution in [3.63, 3.8) is 0 Å². The SMILES string of the molecule is C=Cc1n[nH]c2cc(Oc3nc(Nc4ncc(C#N)s4)cc(N4CCN(C)CC4)n3)ccc12. The molecule has 4 aromatic rings. The van der Waals surface area contributed by atoms with Crippen LogP contribution in [0.25, 0.3) is 17.0 Å². The highest BCUT2D eigenvalue weighted by Gasteiger charge is 2.18. The lowest BCUT2D eigenvalue weighted by atomic mass is 10.2. The molecule has 0 bridgehead atoms. The van der Waals surface area contributed by atoms with E-state index in [1.54, 1.807) is 6.08 Å². The van der Waals surface area contributed by atoms with Crippen LogP contribution in [0.5, 0.6) is 11.8 Å². The molecule has 11 heteroatoms. The summed E-state index contributed by atoms with van der Waals surface area (Å²) in [6.07, 6.45) is 3.24. The zero-order valence-corrected chi connectivity index (χ0v) is 18.8. The van der Waals surface area contributed by atoms with Crippen LogP contribution in [0.2, 0.25) is 0 Å². The number of nitrogens with zero attached hydrogens (tertiary/aromatic N) is 7. The van der Waals surface area contributed by atoms with Crippen LogP contribution in [0, 0.1) is 11.3 Å². The molecule has 1 aliphatic heterocycles. The highest BCUT2D eigenvalue weighted by Crippen LogP contribution is 2.29. The number of H-pyrrole nitrogens is 1. The smallest absolute Gasteiger partial charge is 0.325 e. The van der Waals surface area contributed by atoms with E-state index in [9.17, 15) is 0 Å². The van der Waals surface area contributed by atoms with Crippen molar-refractivity contribution in [2.24, 2.45) is 0 Å². The molecular weight excluding hydrogens is 438 g/mol. The molecule has 1 aliphatic rings. The van der Waals surface area contributed by atoms with Gasteiger partial charge in [-0.25, -0.2) is 4.98 Å². The van der Waals surface area contributed by atoms with Gasteiger partial charge in [-0.05, 0) is 25.3 Å². The molecule has 0 spiro atoms. The van der Waals surface area contributed by atoms with Crippen molar-refractivity contribution >= 4 is 45.1 Å². The number of fused-ring (bicyclic) bond motifs is 1. The number of benzene rings is 1. The van der Waals surface area contributed by atoms with Crippen LogP contribution < -0.4 is 15.0 Å². The minimum absolute atomic E-state index is 0.216. The molecule has 5 rings (SSSR count). The summed E-state index contributed by atoms with van der Waals surface area (Å²) in [6.45, 7) is 7.39. The first kappa shape index (κ1) is 20.9. The fourth-order valence-corrected chi connectivity index (χ4v) is 4.18. The molecule has 0 aliphatic carbocycles. The van der Waals surface area contributed by atoms with Gasteiger partial charge in [-0.3, -0.25) is 5.10 Å². The molecule has 1 saturated heterocycles. The van der Waals surface area contributed by atoms with Crippen LogP contribution in [0.3, 0.4) is 0 Å². The van der Waals surface area contributed by atoms with Gasteiger partial charge in [0.2, 0.25) is 0 Å². The number of aromatic amines is 1. The normalized spacial score (nSPS) is 14.2. The minimum Gasteiger partial charge on any atom is -0.424 e. The number of hydrogen-bond donors (Lipinski definition) is 2. The number of likely N-dealkylation sites (N-methyl/N-ethyl adjacent to an activating group) is 1. The van der Waals surface area contributed by atoms with E-state index >= 15 is 0 Å². The fourth-order valence-electron chi connectivity index (χ4n) is 3.56. The predicted octanol–water partition coefficient (Wildman–Crippen LogP) is 3.61. The van der Waals surface area contributed by atoms with E-state index in [4.69, 9.17) is 10.00 Å². The number of thiazole rings is 1. The molecule has 10 nitrogen and oxygen atoms in total. The molecule has 166 valence electrons. The summed E-state index contributed by atoms with van der Waals surface area (Å²) in [5.74, 6) is 1.90. The van der Waals surface area contributed by atoms with Crippen LogP contribution in [-0.2, 0) is 0 Å². The zero-order valence-electron chi connectivity index (χ0n) is 17.9. The molecule has 3 aromatic heterocycles. The molecule has 0 unspecified atom stereocenters. The van der Waals surface area contributed by atoms with Crippen molar-refractivity contribution in [1.29, 1.82) is 5.26 Å². The van der Waals surface area contributed by atoms with E-state index in [1.807, 2.05) is 24.3 Å². The zero-order chi connectivity index (χ0) is 22.8. The lowest BCUT2D eigenvalue weighted by Gasteiger charge is -2.33. The third-order valence-corrected chi connectivity index (χ3v) is 6.15. The van der Waals surface area contributed by atoms with E-state index in [0.717, 1.165) is 48.6 Å². The van der Waals surface area contributed by atoms with Crippen molar-refractivity contribution in [3.8, 4) is 17.8 Å². The summed E-state index contributed by atoms with van der Waals surface area (Å²) >= 11 is 1.26. The van der Waals surface area contributed by atoms with Gasteiger partial charge in [-0.15, -0.1) is 0 Å². The standard InChI is InChI=1S/C22H21N9OS/c1-3-17-16-5-4-14(10-18(16)29-28-17)32-21-25-19(26-22-24-13-15(12-23)33-22)11-20(27-21)31-8-6-30(2)7-9-31/h3-5,10-11,13H,1,6-9H2,2H3,(H,28,29)(H,24,25,26,27). The molecule has 0 atom stereocenters. The Balaban J connectivity index is 1.46. The lowest BCUT2D eigenvalue weighted by molar-refractivity contribution is 0.311. The maximum atomic E-state index is 9.08. The van der Waals surface area contributed by atoms with E-state index < -0.39 is 0 Å². The molecule has 1 fully saturated rings. The van der Waals surface area contributed by atoms with Crippen molar-refractivity contribution in [1.82, 2.24) is 30.0 Å². The lowest BCUT2D eigenvalue weighted by Crippen LogP contribution is -2.44. The van der Waals surface area contributed by atoms with E-state index in [1.165, 1.54) is 17.5 Å². The van der Waals surface area contributed by atoms with Crippen molar-refractivity contribution in [3.05, 3.63) is 47.6 Å². The first-order valence-electron chi connectivity index (χ1n) is 10.4. The predicted molar refractivity (Wildman–Crippen MR) is 128 cm³/mol. The summed E-state index contributed by atoms with van der Waals surface area (Å²) in [7, 11) is 2.11. The largest absolute Gasteiger partial charge is 0.424 e. The summed E-state index contributed by atoms with van der Waals surface area (Å²) < 4.78 is 6.04. The van der Waals surface area contributed by atoms with Gasteiger partial charge in [0.05, 0.1) is 17.4 Å². The van der Waals surface area contributed by atoms with Gasteiger partial charge < -0.3 is 19.9 Å². The van der Waals surface area contributed by atoms with Gasteiger partial charge in [0.1, 0.15) is 28.3 Å². The quantitative estimate of drug-likeness (QED) is 0.445. The Morgan fingerprint density at radius 2 is 2.09 bits per heavy atom. The minimum atomic E-state index is 0.216. The number of aromatic nitrogens is 5. The average molecular weight is 460 g/mol. The van der Waals surface area contributed by atoms with Crippen molar-refractivity contribution in [2.45, 2.75) is 0 Å². The van der Waals surface area contributed by atoms with Crippen LogP contribution >= 0.6 is 11.3 Å². The van der Waals surface area contributed by atoms with Gasteiger partial charge in [-0.2, -0.15) is 20.3 Å². The Kier molecular flexibility index (Phi) is 5.60. The molecule has 1 aromatic carbocycles. The molecule has 33 heavy (non-hydrogen) atoms. The van der Waals surface area contributed by atoms with Crippen LogP contribution in [0.4, 0.5) is 16.8 Å². The van der Waals surface area contributed by atoms with E-state index in [-0.39, 0.29) is 6.01 Å². The number of ether oxygens (including phenoxy) is 1. The van der Waals surface area contributed by atoms with Gasteiger partial charge in [0.15, 0.2) is 5.13 Å². The Labute approximate surface area is 194 Å². The van der Waals surface area contributed by atoms with E-state index in [0.29, 0.717) is 21.6 Å². The molecule has 0 saturated carbocycles. The first-order valence-corrected chi connectivity index (χ1v) is 11.2. The van der Waals surface area contributed by atoms with Gasteiger partial charge in [0, 0.05) is 43.7 Å². The van der Waals surface area contributed by atoms with Gasteiger partial charge >= 0.3 is 6.01 Å². The topological polar surface area (TPSA) is 119 Å². The highest BCUT2D eigenvalue weighted by atomic mass is 32.1. The summed E-state index contributed by atoms with van der Waals surface area (Å²) in [5, 5.41) is 21.0. The number of nitriles is 1. The Morgan fingerprint density at radius 1 is 1.24 bits per heavy atom. The number of hydrogen-bond acceptors (Lipinski definition) is 10. The summed E-state index contributed by atoms with van der Waals surface area (Å²) in [5.41, 5.74) is 1.62. The first-order chi connectivity index (χ1) is 16.1.